The van der Waals surface area contributed by atoms with Gasteiger partial charge in [-0.05, 0) is 19.1 Å². The zero-order valence-corrected chi connectivity index (χ0v) is 17.4. The first kappa shape index (κ1) is 19.4. The lowest BCUT2D eigenvalue weighted by Crippen LogP contribution is -2.14. The van der Waals surface area contributed by atoms with Crippen molar-refractivity contribution >= 4 is 55.9 Å². The number of halogens is 2. The van der Waals surface area contributed by atoms with E-state index in [-0.39, 0.29) is 10.3 Å². The summed E-state index contributed by atoms with van der Waals surface area (Å²) in [5.74, 6) is 0.0849. The van der Waals surface area contributed by atoms with Crippen molar-refractivity contribution in [1.82, 2.24) is 24.9 Å². The highest BCUT2D eigenvalue weighted by Gasteiger charge is 2.19. The summed E-state index contributed by atoms with van der Waals surface area (Å²) in [5.41, 5.74) is 2.72. The molecule has 146 valence electrons. The number of amides is 1. The maximum atomic E-state index is 13.0. The number of methoxy groups -OCH3 is 1. The molecule has 0 aliphatic heterocycles. The first-order valence-electron chi connectivity index (χ1n) is 8.21. The van der Waals surface area contributed by atoms with E-state index in [1.807, 2.05) is 6.92 Å². The molecule has 1 N–H and O–H groups in total. The molecule has 0 saturated heterocycles. The van der Waals surface area contributed by atoms with Gasteiger partial charge in [0.25, 0.3) is 5.91 Å². The van der Waals surface area contributed by atoms with Gasteiger partial charge in [0.15, 0.2) is 10.3 Å². The number of pyridine rings is 2. The normalized spacial score (nSPS) is 10.9. The summed E-state index contributed by atoms with van der Waals surface area (Å²) in [6.45, 7) is 1.83. The van der Waals surface area contributed by atoms with Crippen molar-refractivity contribution < 1.29 is 9.53 Å². The highest BCUT2D eigenvalue weighted by atomic mass is 35.5. The summed E-state index contributed by atoms with van der Waals surface area (Å²) in [7, 11) is 1.52. The van der Waals surface area contributed by atoms with Crippen molar-refractivity contribution in [3.05, 3.63) is 52.4 Å². The molecule has 0 bridgehead atoms. The van der Waals surface area contributed by atoms with E-state index in [1.54, 1.807) is 12.1 Å². The number of carbonyl (C=O) groups is 1. The third-order valence-corrected chi connectivity index (χ3v) is 5.36. The average Bonchev–Trinajstić information content (AvgIpc) is 3.11. The van der Waals surface area contributed by atoms with E-state index in [1.165, 1.54) is 37.2 Å². The van der Waals surface area contributed by atoms with Gasteiger partial charge in [-0.2, -0.15) is 0 Å². The third-order valence-electron chi connectivity index (χ3n) is 4.00. The van der Waals surface area contributed by atoms with Crippen molar-refractivity contribution in [2.45, 2.75) is 6.92 Å². The van der Waals surface area contributed by atoms with Gasteiger partial charge in [-0.15, -0.1) is 0 Å². The van der Waals surface area contributed by atoms with E-state index in [0.29, 0.717) is 37.9 Å². The lowest BCUT2D eigenvalue weighted by atomic mass is 10.0. The van der Waals surface area contributed by atoms with E-state index >= 15 is 0 Å². The second-order valence-corrected chi connectivity index (χ2v) is 7.59. The Bertz CT molecular complexity index is 1250. The predicted octanol–water partition coefficient (Wildman–Crippen LogP) is 4.42. The van der Waals surface area contributed by atoms with Gasteiger partial charge < -0.3 is 4.74 Å². The maximum absolute atomic E-state index is 13.0. The fourth-order valence-electron chi connectivity index (χ4n) is 2.70. The number of hydrogen-bond donors (Lipinski definition) is 1. The van der Waals surface area contributed by atoms with Crippen LogP contribution < -0.4 is 10.1 Å². The lowest BCUT2D eigenvalue weighted by Gasteiger charge is -2.13. The van der Waals surface area contributed by atoms with Crippen LogP contribution in [0.15, 0.2) is 30.9 Å². The van der Waals surface area contributed by atoms with Crippen LogP contribution in [-0.2, 0) is 0 Å². The Morgan fingerprint density at radius 1 is 1.10 bits per heavy atom. The molecule has 0 aromatic carbocycles. The molecule has 0 spiro atoms. The Hall–Kier alpha value is -2.88. The molecule has 4 aromatic heterocycles. The summed E-state index contributed by atoms with van der Waals surface area (Å²) in [6, 6.07) is 3.42. The SMILES string of the molecule is COc1cnc(Cl)cc1-c1cc(C)ncc1C(=O)Nc1nc2c(Cl)ncnc2s1. The molecular weight excluding hydrogens is 435 g/mol. The molecule has 0 fully saturated rings. The Balaban J connectivity index is 1.76. The molecule has 4 aromatic rings. The largest absolute Gasteiger partial charge is 0.494 e. The molecule has 4 heterocycles. The van der Waals surface area contributed by atoms with Crippen molar-refractivity contribution in [3.63, 3.8) is 0 Å². The molecule has 0 aliphatic rings. The van der Waals surface area contributed by atoms with Gasteiger partial charge in [0.05, 0.1) is 18.9 Å². The van der Waals surface area contributed by atoms with Crippen LogP contribution in [0.3, 0.4) is 0 Å². The first-order chi connectivity index (χ1) is 14.0. The lowest BCUT2D eigenvalue weighted by molar-refractivity contribution is 0.102. The van der Waals surface area contributed by atoms with Gasteiger partial charge in [0, 0.05) is 23.0 Å². The summed E-state index contributed by atoms with van der Waals surface area (Å²) in [5, 5.41) is 3.62. The fraction of sp³-hybridized carbons (Fsp3) is 0.111. The van der Waals surface area contributed by atoms with Crippen LogP contribution in [0.4, 0.5) is 5.13 Å². The van der Waals surface area contributed by atoms with Gasteiger partial charge in [0.2, 0.25) is 0 Å². The van der Waals surface area contributed by atoms with E-state index in [4.69, 9.17) is 27.9 Å². The molecule has 0 aliphatic carbocycles. The van der Waals surface area contributed by atoms with E-state index < -0.39 is 5.91 Å². The van der Waals surface area contributed by atoms with E-state index in [2.05, 4.69) is 30.2 Å². The van der Waals surface area contributed by atoms with Gasteiger partial charge in [0.1, 0.15) is 27.6 Å². The summed E-state index contributed by atoms with van der Waals surface area (Å²) in [4.78, 5) is 34.2. The second kappa shape index (κ2) is 7.86. The number of carbonyl (C=O) groups excluding carboxylic acids is 1. The highest BCUT2D eigenvalue weighted by molar-refractivity contribution is 7.22. The monoisotopic (exact) mass is 446 g/mol. The quantitative estimate of drug-likeness (QED) is 0.365. The number of nitrogens with one attached hydrogen (secondary N) is 1. The average molecular weight is 447 g/mol. The van der Waals surface area contributed by atoms with Gasteiger partial charge in [-0.3, -0.25) is 15.1 Å². The van der Waals surface area contributed by atoms with Crippen LogP contribution in [0.2, 0.25) is 10.3 Å². The molecular formula is C18H12Cl2N6O2S. The summed E-state index contributed by atoms with van der Waals surface area (Å²) >= 11 is 13.3. The Morgan fingerprint density at radius 3 is 2.69 bits per heavy atom. The molecule has 0 saturated carbocycles. The summed E-state index contributed by atoms with van der Waals surface area (Å²) in [6.07, 6.45) is 4.34. The van der Waals surface area contributed by atoms with Crippen molar-refractivity contribution in [2.24, 2.45) is 0 Å². The van der Waals surface area contributed by atoms with Crippen LogP contribution in [0.5, 0.6) is 5.75 Å². The maximum Gasteiger partial charge on any atom is 0.259 e. The molecule has 0 atom stereocenters. The second-order valence-electron chi connectivity index (χ2n) is 5.87. The number of rotatable bonds is 4. The number of nitrogens with zero attached hydrogens (tertiary/aromatic N) is 5. The number of thiazole rings is 1. The number of fused-ring (bicyclic) bond motifs is 1. The minimum absolute atomic E-state index is 0.223. The molecule has 0 radical (unpaired) electrons. The standard InChI is InChI=1S/C18H12Cl2N6O2S/c1-8-3-9(10-4-13(19)22-6-12(10)28-2)11(5-21-8)16(27)26-18-25-14-15(20)23-7-24-17(14)29-18/h3-7H,1-2H3,(H,25,26,27). The van der Waals surface area contributed by atoms with Crippen molar-refractivity contribution in [2.75, 3.05) is 12.4 Å². The third kappa shape index (κ3) is 3.84. The number of aryl methyl sites for hydroxylation is 1. The molecule has 1 amide bonds. The zero-order chi connectivity index (χ0) is 20.5. The van der Waals surface area contributed by atoms with Crippen LogP contribution in [-0.4, -0.2) is 37.9 Å². The number of ether oxygens (including phenoxy) is 1. The minimum atomic E-state index is -0.398. The Morgan fingerprint density at radius 2 is 1.93 bits per heavy atom. The number of aromatic nitrogens is 5. The van der Waals surface area contributed by atoms with Crippen molar-refractivity contribution in [1.29, 1.82) is 0 Å². The number of anilines is 1. The number of hydrogen-bond acceptors (Lipinski definition) is 8. The summed E-state index contributed by atoms with van der Waals surface area (Å²) < 4.78 is 5.39. The predicted molar refractivity (Wildman–Crippen MR) is 112 cm³/mol. The Labute approximate surface area is 178 Å². The minimum Gasteiger partial charge on any atom is -0.494 e. The highest BCUT2D eigenvalue weighted by Crippen LogP contribution is 2.34. The molecule has 8 nitrogen and oxygen atoms in total. The van der Waals surface area contributed by atoms with Crippen LogP contribution >= 0.6 is 34.5 Å². The van der Waals surface area contributed by atoms with Gasteiger partial charge in [-0.25, -0.2) is 19.9 Å². The zero-order valence-electron chi connectivity index (χ0n) is 15.1. The topological polar surface area (TPSA) is 103 Å². The van der Waals surface area contributed by atoms with Crippen LogP contribution in [0.1, 0.15) is 16.1 Å². The van der Waals surface area contributed by atoms with Crippen LogP contribution in [0, 0.1) is 6.92 Å². The van der Waals surface area contributed by atoms with Gasteiger partial charge >= 0.3 is 0 Å². The van der Waals surface area contributed by atoms with E-state index in [9.17, 15) is 4.79 Å². The smallest absolute Gasteiger partial charge is 0.259 e. The first-order valence-corrected chi connectivity index (χ1v) is 9.78. The molecule has 4 rings (SSSR count). The molecule has 29 heavy (non-hydrogen) atoms. The fourth-order valence-corrected chi connectivity index (χ4v) is 3.89. The molecule has 0 unspecified atom stereocenters. The van der Waals surface area contributed by atoms with E-state index in [0.717, 1.165) is 5.69 Å². The Kier molecular flexibility index (Phi) is 5.27. The van der Waals surface area contributed by atoms with Gasteiger partial charge in [-0.1, -0.05) is 34.5 Å². The van der Waals surface area contributed by atoms with Crippen molar-refractivity contribution in [3.8, 4) is 16.9 Å². The molecule has 11 heteroatoms. The van der Waals surface area contributed by atoms with Crippen LogP contribution in [0.25, 0.3) is 21.5 Å².